The highest BCUT2D eigenvalue weighted by atomic mass is 16.5. The molecule has 1 atom stereocenters. The summed E-state index contributed by atoms with van der Waals surface area (Å²) in [6, 6.07) is 7.88. The summed E-state index contributed by atoms with van der Waals surface area (Å²) in [5.41, 5.74) is 1.54. The molecule has 0 spiro atoms. The van der Waals surface area contributed by atoms with Gasteiger partial charge in [-0.1, -0.05) is 13.8 Å². The summed E-state index contributed by atoms with van der Waals surface area (Å²) in [4.78, 5) is 17.6. The number of aromatic amines is 1. The second-order valence-electron chi connectivity index (χ2n) is 6.03. The van der Waals surface area contributed by atoms with E-state index in [4.69, 9.17) is 4.74 Å². The molecule has 1 heterocycles. The van der Waals surface area contributed by atoms with Crippen LogP contribution >= 0.6 is 0 Å². The quantitative estimate of drug-likeness (QED) is 0.912. The van der Waals surface area contributed by atoms with Crippen molar-refractivity contribution in [1.82, 2.24) is 9.88 Å². The molecule has 4 heteroatoms. The van der Waals surface area contributed by atoms with Crippen LogP contribution in [0, 0.1) is 5.92 Å². The first kappa shape index (κ1) is 15.4. The molecule has 0 aliphatic rings. The maximum absolute atomic E-state index is 12.6. The summed E-state index contributed by atoms with van der Waals surface area (Å²) in [6.07, 6.45) is 0.996. The standard InChI is InChI=1S/C17H24N2O2/c1-11(2)8-12(3)19(4)17(20)16-9-13-6-7-14(21-5)10-15(13)18-16/h6-7,9-12,18H,8H2,1-5H3/t12-/m0/s1. The Morgan fingerprint density at radius 2 is 2.00 bits per heavy atom. The maximum Gasteiger partial charge on any atom is 0.270 e. The van der Waals surface area contributed by atoms with Crippen molar-refractivity contribution in [2.24, 2.45) is 5.92 Å². The maximum atomic E-state index is 12.6. The van der Waals surface area contributed by atoms with Gasteiger partial charge in [0.15, 0.2) is 0 Å². The number of ether oxygens (including phenoxy) is 1. The molecule has 0 unspecified atom stereocenters. The molecule has 4 nitrogen and oxygen atoms in total. The summed E-state index contributed by atoms with van der Waals surface area (Å²) in [7, 11) is 3.50. The Bertz CT molecular complexity index is 631. The fraction of sp³-hybridized carbons (Fsp3) is 0.471. The van der Waals surface area contributed by atoms with Crippen LogP contribution in [0.1, 0.15) is 37.7 Å². The molecule has 0 aliphatic carbocycles. The van der Waals surface area contributed by atoms with Gasteiger partial charge in [-0.2, -0.15) is 0 Å². The first-order chi connectivity index (χ1) is 9.92. The summed E-state index contributed by atoms with van der Waals surface area (Å²) in [6.45, 7) is 6.43. The molecule has 1 amide bonds. The Kier molecular flexibility index (Phi) is 4.56. The van der Waals surface area contributed by atoms with Gasteiger partial charge in [-0.05, 0) is 37.5 Å². The van der Waals surface area contributed by atoms with Gasteiger partial charge in [-0.3, -0.25) is 4.79 Å². The van der Waals surface area contributed by atoms with Gasteiger partial charge in [0.2, 0.25) is 0 Å². The van der Waals surface area contributed by atoms with Crippen LogP contribution < -0.4 is 4.74 Å². The SMILES string of the molecule is COc1ccc2cc(C(=O)N(C)[C@@H](C)CC(C)C)[nH]c2c1. The number of amides is 1. The lowest BCUT2D eigenvalue weighted by atomic mass is 10.0. The van der Waals surface area contributed by atoms with Gasteiger partial charge in [-0.15, -0.1) is 0 Å². The molecular formula is C17H24N2O2. The smallest absolute Gasteiger partial charge is 0.270 e. The highest BCUT2D eigenvalue weighted by Gasteiger charge is 2.20. The van der Waals surface area contributed by atoms with E-state index >= 15 is 0 Å². The second kappa shape index (κ2) is 6.20. The van der Waals surface area contributed by atoms with Crippen molar-refractivity contribution in [1.29, 1.82) is 0 Å². The lowest BCUT2D eigenvalue weighted by Crippen LogP contribution is -2.36. The largest absolute Gasteiger partial charge is 0.497 e. The van der Waals surface area contributed by atoms with Gasteiger partial charge in [0.1, 0.15) is 11.4 Å². The Morgan fingerprint density at radius 3 is 2.62 bits per heavy atom. The van der Waals surface area contributed by atoms with Gasteiger partial charge in [0, 0.05) is 30.1 Å². The lowest BCUT2D eigenvalue weighted by molar-refractivity contribution is 0.0723. The first-order valence-corrected chi connectivity index (χ1v) is 7.36. The zero-order valence-corrected chi connectivity index (χ0v) is 13.4. The number of aromatic nitrogens is 1. The van der Waals surface area contributed by atoms with Crippen molar-refractivity contribution in [3.8, 4) is 5.75 Å². The van der Waals surface area contributed by atoms with Gasteiger partial charge in [-0.25, -0.2) is 0 Å². The van der Waals surface area contributed by atoms with Crippen molar-refractivity contribution < 1.29 is 9.53 Å². The van der Waals surface area contributed by atoms with E-state index in [9.17, 15) is 4.79 Å². The normalized spacial score (nSPS) is 12.7. The molecule has 0 aliphatic heterocycles. The monoisotopic (exact) mass is 288 g/mol. The number of hydrogen-bond acceptors (Lipinski definition) is 2. The first-order valence-electron chi connectivity index (χ1n) is 7.36. The van der Waals surface area contributed by atoms with E-state index in [-0.39, 0.29) is 11.9 Å². The highest BCUT2D eigenvalue weighted by molar-refractivity contribution is 5.98. The number of nitrogens with one attached hydrogen (secondary N) is 1. The van der Waals surface area contributed by atoms with Crippen LogP contribution in [0.4, 0.5) is 0 Å². The zero-order valence-electron chi connectivity index (χ0n) is 13.4. The number of H-pyrrole nitrogens is 1. The van der Waals surface area contributed by atoms with Gasteiger partial charge in [0.05, 0.1) is 7.11 Å². The van der Waals surface area contributed by atoms with E-state index in [0.29, 0.717) is 11.6 Å². The van der Waals surface area contributed by atoms with E-state index in [2.05, 4.69) is 25.8 Å². The van der Waals surface area contributed by atoms with E-state index in [1.807, 2.05) is 36.2 Å². The predicted molar refractivity (Wildman–Crippen MR) is 85.9 cm³/mol. The van der Waals surface area contributed by atoms with Crippen molar-refractivity contribution in [2.45, 2.75) is 33.2 Å². The summed E-state index contributed by atoms with van der Waals surface area (Å²) >= 11 is 0. The predicted octanol–water partition coefficient (Wildman–Crippen LogP) is 3.68. The second-order valence-corrected chi connectivity index (χ2v) is 6.03. The third-order valence-electron chi connectivity index (χ3n) is 3.85. The average Bonchev–Trinajstić information content (AvgIpc) is 2.87. The van der Waals surface area contributed by atoms with Gasteiger partial charge in [0.25, 0.3) is 5.91 Å². The number of rotatable bonds is 5. The Morgan fingerprint density at radius 1 is 1.29 bits per heavy atom. The van der Waals surface area contributed by atoms with Crippen LogP contribution in [-0.2, 0) is 0 Å². The molecule has 1 aromatic carbocycles. The number of hydrogen-bond donors (Lipinski definition) is 1. The molecule has 114 valence electrons. The van der Waals surface area contributed by atoms with Crippen LogP contribution in [-0.4, -0.2) is 36.0 Å². The molecule has 21 heavy (non-hydrogen) atoms. The Labute approximate surface area is 126 Å². The van der Waals surface area contributed by atoms with Crippen molar-refractivity contribution in [2.75, 3.05) is 14.2 Å². The van der Waals surface area contributed by atoms with Crippen molar-refractivity contribution in [3.05, 3.63) is 30.0 Å². The van der Waals surface area contributed by atoms with Gasteiger partial charge < -0.3 is 14.6 Å². The van der Waals surface area contributed by atoms with Crippen molar-refractivity contribution in [3.63, 3.8) is 0 Å². The topological polar surface area (TPSA) is 45.3 Å². The fourth-order valence-corrected chi connectivity index (χ4v) is 2.58. The van der Waals surface area contributed by atoms with Crippen LogP contribution in [0.5, 0.6) is 5.75 Å². The van der Waals surface area contributed by atoms with Crippen LogP contribution in [0.25, 0.3) is 10.9 Å². The van der Waals surface area contributed by atoms with E-state index in [0.717, 1.165) is 23.1 Å². The molecule has 2 rings (SSSR count). The van der Waals surface area contributed by atoms with Crippen LogP contribution in [0.3, 0.4) is 0 Å². The number of benzene rings is 1. The minimum Gasteiger partial charge on any atom is -0.497 e. The molecular weight excluding hydrogens is 264 g/mol. The molecule has 0 saturated carbocycles. The fourth-order valence-electron chi connectivity index (χ4n) is 2.58. The minimum atomic E-state index is 0.0262. The number of methoxy groups -OCH3 is 1. The number of nitrogens with zero attached hydrogens (tertiary/aromatic N) is 1. The Hall–Kier alpha value is -1.97. The minimum absolute atomic E-state index is 0.0262. The Balaban J connectivity index is 2.22. The molecule has 0 fully saturated rings. The van der Waals surface area contributed by atoms with Gasteiger partial charge >= 0.3 is 0 Å². The molecule has 1 aromatic heterocycles. The number of carbonyl (C=O) groups is 1. The summed E-state index contributed by atoms with van der Waals surface area (Å²) in [5.74, 6) is 1.38. The molecule has 0 bridgehead atoms. The number of fused-ring (bicyclic) bond motifs is 1. The molecule has 0 radical (unpaired) electrons. The third kappa shape index (κ3) is 3.38. The van der Waals surface area contributed by atoms with E-state index in [1.54, 1.807) is 7.11 Å². The highest BCUT2D eigenvalue weighted by Crippen LogP contribution is 2.22. The van der Waals surface area contributed by atoms with E-state index in [1.165, 1.54) is 0 Å². The van der Waals surface area contributed by atoms with Crippen molar-refractivity contribution >= 4 is 16.8 Å². The lowest BCUT2D eigenvalue weighted by Gasteiger charge is -2.25. The third-order valence-corrected chi connectivity index (χ3v) is 3.85. The van der Waals surface area contributed by atoms with Crippen LogP contribution in [0.15, 0.2) is 24.3 Å². The summed E-state index contributed by atoms with van der Waals surface area (Å²) < 4.78 is 5.21. The number of carbonyl (C=O) groups excluding carboxylic acids is 1. The van der Waals surface area contributed by atoms with Crippen LogP contribution in [0.2, 0.25) is 0 Å². The molecule has 1 N–H and O–H groups in total. The average molecular weight is 288 g/mol. The molecule has 2 aromatic rings. The van der Waals surface area contributed by atoms with E-state index < -0.39 is 0 Å². The molecule has 0 saturated heterocycles. The zero-order chi connectivity index (χ0) is 15.6. The summed E-state index contributed by atoms with van der Waals surface area (Å²) in [5, 5.41) is 1.02.